The zero-order valence-corrected chi connectivity index (χ0v) is 31.5. The predicted molar refractivity (Wildman–Crippen MR) is 229 cm³/mol. The minimum atomic E-state index is -0.439. The minimum Gasteiger partial charge on any atom is -0.310 e. The third-order valence-electron chi connectivity index (χ3n) is 13.3. The maximum Gasteiger partial charge on any atom is 0.0726 e. The van der Waals surface area contributed by atoms with E-state index < -0.39 is 5.41 Å². The largest absolute Gasteiger partial charge is 0.310 e. The van der Waals surface area contributed by atoms with Crippen LogP contribution in [0.4, 0.5) is 17.1 Å². The molecule has 6 bridgehead atoms. The second kappa shape index (κ2) is 10.6. The van der Waals surface area contributed by atoms with Crippen molar-refractivity contribution in [3.05, 3.63) is 208 Å². The molecular weight excluding hydrogens is 663 g/mol. The highest BCUT2D eigenvalue weighted by Gasteiger charge is 2.52. The molecule has 4 aliphatic rings. The van der Waals surface area contributed by atoms with Gasteiger partial charge in [-0.25, -0.2) is 0 Å². The van der Waals surface area contributed by atoms with Crippen molar-refractivity contribution in [2.24, 2.45) is 0 Å². The third kappa shape index (κ3) is 3.93. The lowest BCUT2D eigenvalue weighted by atomic mass is 9.69. The van der Waals surface area contributed by atoms with Gasteiger partial charge in [-0.05, 0) is 134 Å². The standard InChI is InChI=1S/C54H39N/c1-32-14-20-42-44-23-17-35-28-50(44)54(48(42)26-32)49-27-33(2)15-21-43(49)45-25-19-38(31-51(45)54)55(52-29-36(35)16-22-39(52)34-10-6-5-7-11-34)37-18-24-41-40-12-8-9-13-46(40)53(3,4)47(41)30-37/h5-31H,1-4H3. The molecule has 0 aromatic heterocycles. The number of anilines is 3. The molecule has 1 atom stereocenters. The Bertz CT molecular complexity index is 2970. The average molecular weight is 702 g/mol. The SMILES string of the molecule is Cc1ccc2c(c1)C13c4cc(C)ccc4-c4ccc(cc41)N(c1ccc4c(c1)C(C)(C)c1ccccc1-4)c1cc(ccc1-c1ccccc1)-c1ccc-2c3c1. The molecule has 8 aromatic rings. The van der Waals surface area contributed by atoms with Gasteiger partial charge in [-0.15, -0.1) is 0 Å². The second-order valence-corrected chi connectivity index (χ2v) is 16.7. The number of fused-ring (bicyclic) bond motifs is 12. The van der Waals surface area contributed by atoms with Gasteiger partial charge in [-0.3, -0.25) is 0 Å². The van der Waals surface area contributed by atoms with Crippen molar-refractivity contribution in [3.8, 4) is 55.6 Å². The molecule has 1 nitrogen and oxygen atoms in total. The zero-order valence-electron chi connectivity index (χ0n) is 31.5. The van der Waals surface area contributed by atoms with E-state index in [4.69, 9.17) is 0 Å². The molecule has 12 rings (SSSR count). The Balaban J connectivity index is 1.22. The van der Waals surface area contributed by atoms with E-state index in [-0.39, 0.29) is 5.41 Å². The first kappa shape index (κ1) is 31.0. The number of hydrogen-bond acceptors (Lipinski definition) is 1. The van der Waals surface area contributed by atoms with E-state index in [1.165, 1.54) is 117 Å². The number of nitrogens with zero attached hydrogens (tertiary/aromatic N) is 1. The molecule has 0 radical (unpaired) electrons. The summed E-state index contributed by atoms with van der Waals surface area (Å²) >= 11 is 0. The van der Waals surface area contributed by atoms with E-state index in [0.717, 1.165) is 0 Å². The van der Waals surface area contributed by atoms with Gasteiger partial charge < -0.3 is 4.90 Å². The quantitative estimate of drug-likeness (QED) is 0.173. The van der Waals surface area contributed by atoms with Crippen LogP contribution < -0.4 is 4.90 Å². The summed E-state index contributed by atoms with van der Waals surface area (Å²) in [6, 6.07) is 63.0. The molecule has 3 aliphatic carbocycles. The van der Waals surface area contributed by atoms with Crippen LogP contribution >= 0.6 is 0 Å². The highest BCUT2D eigenvalue weighted by Crippen LogP contribution is 2.64. The summed E-state index contributed by atoms with van der Waals surface area (Å²) in [5.74, 6) is 0. The van der Waals surface area contributed by atoms with Crippen molar-refractivity contribution in [2.45, 2.75) is 38.5 Å². The molecule has 0 saturated carbocycles. The summed E-state index contributed by atoms with van der Waals surface area (Å²) in [5.41, 5.74) is 26.7. The summed E-state index contributed by atoms with van der Waals surface area (Å²) in [5, 5.41) is 0. The lowest BCUT2D eigenvalue weighted by Gasteiger charge is -2.33. The van der Waals surface area contributed by atoms with Gasteiger partial charge in [0.2, 0.25) is 0 Å². The topological polar surface area (TPSA) is 3.24 Å². The van der Waals surface area contributed by atoms with E-state index in [9.17, 15) is 0 Å². The van der Waals surface area contributed by atoms with Gasteiger partial charge in [-0.2, -0.15) is 0 Å². The molecule has 1 heteroatoms. The maximum absolute atomic E-state index is 2.55. The van der Waals surface area contributed by atoms with Gasteiger partial charge in [-0.1, -0.05) is 152 Å². The monoisotopic (exact) mass is 701 g/mol. The zero-order chi connectivity index (χ0) is 36.8. The van der Waals surface area contributed by atoms with Crippen molar-refractivity contribution in [2.75, 3.05) is 4.90 Å². The Morgan fingerprint density at radius 1 is 0.345 bits per heavy atom. The first-order valence-electron chi connectivity index (χ1n) is 19.6. The molecule has 8 aromatic carbocycles. The summed E-state index contributed by atoms with van der Waals surface area (Å²) in [6.45, 7) is 9.25. The Morgan fingerprint density at radius 2 is 0.818 bits per heavy atom. The Hall–Kier alpha value is -6.44. The summed E-state index contributed by atoms with van der Waals surface area (Å²) in [6.07, 6.45) is 0. The van der Waals surface area contributed by atoms with Crippen molar-refractivity contribution in [3.63, 3.8) is 0 Å². The van der Waals surface area contributed by atoms with Crippen LogP contribution in [0.2, 0.25) is 0 Å². The van der Waals surface area contributed by atoms with Crippen molar-refractivity contribution >= 4 is 17.1 Å². The fraction of sp³-hybridized carbons (Fsp3) is 0.111. The van der Waals surface area contributed by atoms with E-state index in [1.54, 1.807) is 0 Å². The van der Waals surface area contributed by atoms with Gasteiger partial charge >= 0.3 is 0 Å². The lowest BCUT2D eigenvalue weighted by Crippen LogP contribution is -2.26. The minimum absolute atomic E-state index is 0.122. The van der Waals surface area contributed by atoms with E-state index in [1.807, 2.05) is 0 Å². The summed E-state index contributed by atoms with van der Waals surface area (Å²) in [7, 11) is 0. The van der Waals surface area contributed by atoms with Crippen molar-refractivity contribution in [1.82, 2.24) is 0 Å². The molecule has 0 amide bonds. The van der Waals surface area contributed by atoms with E-state index in [0.29, 0.717) is 0 Å². The van der Waals surface area contributed by atoms with Crippen molar-refractivity contribution < 1.29 is 0 Å². The van der Waals surface area contributed by atoms with Crippen LogP contribution in [0.1, 0.15) is 58.4 Å². The Kier molecular flexibility index (Phi) is 5.98. The molecule has 1 aliphatic heterocycles. The lowest BCUT2D eigenvalue weighted by molar-refractivity contribution is 0.660. The van der Waals surface area contributed by atoms with E-state index in [2.05, 4.69) is 196 Å². The smallest absolute Gasteiger partial charge is 0.0726 e. The Labute approximate surface area is 323 Å². The first-order valence-corrected chi connectivity index (χ1v) is 19.6. The van der Waals surface area contributed by atoms with Gasteiger partial charge in [0.1, 0.15) is 0 Å². The van der Waals surface area contributed by atoms with Crippen LogP contribution in [-0.2, 0) is 10.8 Å². The van der Waals surface area contributed by atoms with Gasteiger partial charge in [0.15, 0.2) is 0 Å². The number of benzene rings is 8. The normalized spacial score (nSPS) is 16.9. The van der Waals surface area contributed by atoms with Crippen LogP contribution in [0.3, 0.4) is 0 Å². The molecular formula is C54H39N. The van der Waals surface area contributed by atoms with Gasteiger partial charge in [0.05, 0.1) is 11.1 Å². The third-order valence-corrected chi connectivity index (χ3v) is 13.3. The molecule has 55 heavy (non-hydrogen) atoms. The van der Waals surface area contributed by atoms with Crippen LogP contribution in [0.25, 0.3) is 55.6 Å². The molecule has 0 fully saturated rings. The number of aryl methyl sites for hydroxylation is 2. The van der Waals surface area contributed by atoms with Crippen LogP contribution in [0, 0.1) is 13.8 Å². The van der Waals surface area contributed by atoms with Gasteiger partial charge in [0, 0.05) is 22.4 Å². The highest BCUT2D eigenvalue weighted by molar-refractivity contribution is 5.99. The molecule has 1 spiro atoms. The van der Waals surface area contributed by atoms with Crippen LogP contribution in [-0.4, -0.2) is 0 Å². The second-order valence-electron chi connectivity index (χ2n) is 16.7. The van der Waals surface area contributed by atoms with Crippen molar-refractivity contribution in [1.29, 1.82) is 0 Å². The summed E-state index contributed by atoms with van der Waals surface area (Å²) < 4.78 is 0. The first-order chi connectivity index (χ1) is 26.8. The molecule has 0 N–H and O–H groups in total. The van der Waals surface area contributed by atoms with Crippen LogP contribution in [0.15, 0.2) is 164 Å². The van der Waals surface area contributed by atoms with Crippen LogP contribution in [0.5, 0.6) is 0 Å². The van der Waals surface area contributed by atoms with E-state index >= 15 is 0 Å². The molecule has 1 heterocycles. The average Bonchev–Trinajstić information content (AvgIpc) is 3.75. The maximum atomic E-state index is 2.55. The highest BCUT2D eigenvalue weighted by atomic mass is 15.1. The molecule has 260 valence electrons. The fourth-order valence-electron chi connectivity index (χ4n) is 10.8. The fourth-order valence-corrected chi connectivity index (χ4v) is 10.8. The number of rotatable bonds is 2. The Morgan fingerprint density at radius 3 is 1.49 bits per heavy atom. The van der Waals surface area contributed by atoms with Gasteiger partial charge in [0.25, 0.3) is 0 Å². The predicted octanol–water partition coefficient (Wildman–Crippen LogP) is 14.1. The number of hydrogen-bond donors (Lipinski definition) is 0. The molecule has 1 unspecified atom stereocenters. The summed E-state index contributed by atoms with van der Waals surface area (Å²) in [4.78, 5) is 2.55. The molecule has 0 saturated heterocycles.